The topological polar surface area (TPSA) is 26.3 Å². The molecule has 0 saturated heterocycles. The van der Waals surface area contributed by atoms with Crippen LogP contribution in [0.4, 0.5) is 0 Å². The Morgan fingerprint density at radius 3 is 2.55 bits per heavy atom. The van der Waals surface area contributed by atoms with Crippen LogP contribution >= 0.6 is 0 Å². The summed E-state index contributed by atoms with van der Waals surface area (Å²) < 4.78 is 5.95. The van der Waals surface area contributed by atoms with Gasteiger partial charge in [0.2, 0.25) is 0 Å². The highest BCUT2D eigenvalue weighted by Crippen LogP contribution is 2.30. The van der Waals surface area contributed by atoms with E-state index in [-0.39, 0.29) is 5.78 Å². The molecule has 0 unspecified atom stereocenters. The van der Waals surface area contributed by atoms with Gasteiger partial charge in [-0.2, -0.15) is 0 Å². The van der Waals surface area contributed by atoms with Crippen molar-refractivity contribution in [2.24, 2.45) is 0 Å². The van der Waals surface area contributed by atoms with Crippen LogP contribution in [-0.2, 0) is 0 Å². The molecule has 0 heterocycles. The highest BCUT2D eigenvalue weighted by atomic mass is 16.5. The zero-order chi connectivity index (χ0) is 14.5. The lowest BCUT2D eigenvalue weighted by molar-refractivity contribution is 0.0988. The zero-order valence-corrected chi connectivity index (χ0v) is 12.2. The molecule has 2 aromatic rings. The molecule has 0 atom stereocenters. The molecule has 0 aliphatic carbocycles. The summed E-state index contributed by atoms with van der Waals surface area (Å²) in [5.41, 5.74) is 1.87. The fraction of sp³-hybridized carbons (Fsp3) is 0.278. The first-order valence-corrected chi connectivity index (χ1v) is 7.02. The average molecular weight is 268 g/mol. The van der Waals surface area contributed by atoms with Gasteiger partial charge in [-0.25, -0.2) is 0 Å². The highest BCUT2D eigenvalue weighted by molar-refractivity contribution is 5.96. The first kappa shape index (κ1) is 14.3. The van der Waals surface area contributed by atoms with Crippen molar-refractivity contribution in [3.63, 3.8) is 0 Å². The minimum Gasteiger partial charge on any atom is -0.457 e. The summed E-state index contributed by atoms with van der Waals surface area (Å²) in [6.45, 7) is 6.14. The molecule has 0 N–H and O–H groups in total. The number of carbonyl (C=O) groups excluding carboxylic acids is 1. The predicted molar refractivity (Wildman–Crippen MR) is 81.7 cm³/mol. The van der Waals surface area contributed by atoms with Crippen molar-refractivity contribution < 1.29 is 9.53 Å². The van der Waals surface area contributed by atoms with E-state index in [0.717, 1.165) is 5.75 Å². The quantitative estimate of drug-likeness (QED) is 0.697. The predicted octanol–water partition coefficient (Wildman–Crippen LogP) is 5.20. The van der Waals surface area contributed by atoms with E-state index in [2.05, 4.69) is 19.9 Å². The number of ether oxygens (including phenoxy) is 1. The van der Waals surface area contributed by atoms with Gasteiger partial charge in [-0.15, -0.1) is 0 Å². The lowest BCUT2D eigenvalue weighted by Gasteiger charge is -2.13. The first-order chi connectivity index (χ1) is 9.61. The third-order valence-electron chi connectivity index (χ3n) is 3.25. The van der Waals surface area contributed by atoms with Gasteiger partial charge in [-0.3, -0.25) is 4.79 Å². The Morgan fingerprint density at radius 2 is 1.85 bits per heavy atom. The van der Waals surface area contributed by atoms with Crippen molar-refractivity contribution in [3.05, 3.63) is 59.7 Å². The van der Waals surface area contributed by atoms with E-state index in [9.17, 15) is 4.79 Å². The van der Waals surface area contributed by atoms with Crippen molar-refractivity contribution >= 4 is 5.78 Å². The number of carbonyl (C=O) groups is 1. The lowest BCUT2D eigenvalue weighted by Crippen LogP contribution is -1.97. The second-order valence-electron chi connectivity index (χ2n) is 5.10. The fourth-order valence-corrected chi connectivity index (χ4v) is 2.11. The standard InChI is InChI=1S/C18H20O2/c1-4-17(19)14-8-7-9-15(12-14)20-18-11-6-5-10-16(18)13(2)3/h5-13H,4H2,1-3H3. The van der Waals surface area contributed by atoms with Gasteiger partial charge in [0, 0.05) is 12.0 Å². The summed E-state index contributed by atoms with van der Waals surface area (Å²) in [5.74, 6) is 2.08. The van der Waals surface area contributed by atoms with E-state index in [1.54, 1.807) is 0 Å². The lowest BCUT2D eigenvalue weighted by atomic mass is 10.0. The number of benzene rings is 2. The Morgan fingerprint density at radius 1 is 1.10 bits per heavy atom. The smallest absolute Gasteiger partial charge is 0.162 e. The zero-order valence-electron chi connectivity index (χ0n) is 12.2. The molecule has 0 saturated carbocycles. The fourth-order valence-electron chi connectivity index (χ4n) is 2.11. The van der Waals surface area contributed by atoms with Gasteiger partial charge in [0.15, 0.2) is 5.78 Å². The van der Waals surface area contributed by atoms with Gasteiger partial charge in [0.1, 0.15) is 11.5 Å². The van der Waals surface area contributed by atoms with Gasteiger partial charge < -0.3 is 4.74 Å². The van der Waals surface area contributed by atoms with Crippen LogP contribution in [-0.4, -0.2) is 5.78 Å². The Kier molecular flexibility index (Phi) is 4.57. The third-order valence-corrected chi connectivity index (χ3v) is 3.25. The number of hydrogen-bond donors (Lipinski definition) is 0. The van der Waals surface area contributed by atoms with Crippen LogP contribution in [0.15, 0.2) is 48.5 Å². The minimum atomic E-state index is 0.132. The van der Waals surface area contributed by atoms with E-state index in [1.165, 1.54) is 5.56 Å². The molecule has 2 aromatic carbocycles. The number of Topliss-reactive ketones (excluding diaryl/α,β-unsaturated/α-hetero) is 1. The molecule has 2 nitrogen and oxygen atoms in total. The molecule has 0 aliphatic heterocycles. The maximum Gasteiger partial charge on any atom is 0.162 e. The molecule has 0 aliphatic rings. The van der Waals surface area contributed by atoms with Crippen LogP contribution in [0.1, 0.15) is 49.0 Å². The van der Waals surface area contributed by atoms with E-state index < -0.39 is 0 Å². The molecule has 0 radical (unpaired) electrons. The van der Waals surface area contributed by atoms with Crippen molar-refractivity contribution in [1.29, 1.82) is 0 Å². The average Bonchev–Trinajstić information content (AvgIpc) is 2.47. The summed E-state index contributed by atoms with van der Waals surface area (Å²) in [6.07, 6.45) is 0.506. The highest BCUT2D eigenvalue weighted by Gasteiger charge is 2.09. The molecule has 20 heavy (non-hydrogen) atoms. The number of rotatable bonds is 5. The second kappa shape index (κ2) is 6.38. The Labute approximate surface area is 120 Å². The number of para-hydroxylation sites is 1. The molecule has 0 bridgehead atoms. The summed E-state index contributed by atoms with van der Waals surface area (Å²) in [7, 11) is 0. The third kappa shape index (κ3) is 3.27. The Hall–Kier alpha value is -2.09. The number of hydrogen-bond acceptors (Lipinski definition) is 2. The van der Waals surface area contributed by atoms with Gasteiger partial charge >= 0.3 is 0 Å². The second-order valence-corrected chi connectivity index (χ2v) is 5.10. The monoisotopic (exact) mass is 268 g/mol. The molecule has 0 amide bonds. The molecule has 104 valence electrons. The van der Waals surface area contributed by atoms with Crippen molar-refractivity contribution in [1.82, 2.24) is 0 Å². The van der Waals surface area contributed by atoms with Crippen molar-refractivity contribution in [2.75, 3.05) is 0 Å². The van der Waals surface area contributed by atoms with Gasteiger partial charge in [0.05, 0.1) is 0 Å². The van der Waals surface area contributed by atoms with Gasteiger partial charge in [0.25, 0.3) is 0 Å². The molecular formula is C18H20O2. The largest absolute Gasteiger partial charge is 0.457 e. The SMILES string of the molecule is CCC(=O)c1cccc(Oc2ccccc2C(C)C)c1. The van der Waals surface area contributed by atoms with E-state index in [1.807, 2.05) is 49.4 Å². The van der Waals surface area contributed by atoms with Gasteiger partial charge in [-0.05, 0) is 29.7 Å². The van der Waals surface area contributed by atoms with Crippen molar-refractivity contribution in [3.8, 4) is 11.5 Å². The summed E-state index contributed by atoms with van der Waals surface area (Å²) in [5, 5.41) is 0. The normalized spacial score (nSPS) is 10.6. The van der Waals surface area contributed by atoms with Crippen LogP contribution in [0.5, 0.6) is 11.5 Å². The molecular weight excluding hydrogens is 248 g/mol. The summed E-state index contributed by atoms with van der Waals surface area (Å²) in [6, 6.07) is 15.4. The van der Waals surface area contributed by atoms with E-state index in [4.69, 9.17) is 4.74 Å². The van der Waals surface area contributed by atoms with Crippen molar-refractivity contribution in [2.45, 2.75) is 33.1 Å². The van der Waals surface area contributed by atoms with Crippen LogP contribution < -0.4 is 4.74 Å². The van der Waals surface area contributed by atoms with Crippen LogP contribution in [0, 0.1) is 0 Å². The maximum atomic E-state index is 11.7. The molecule has 0 aromatic heterocycles. The van der Waals surface area contributed by atoms with Crippen LogP contribution in [0.25, 0.3) is 0 Å². The summed E-state index contributed by atoms with van der Waals surface area (Å²) >= 11 is 0. The summed E-state index contributed by atoms with van der Waals surface area (Å²) in [4.78, 5) is 11.7. The van der Waals surface area contributed by atoms with Gasteiger partial charge in [-0.1, -0.05) is 51.1 Å². The molecule has 2 heteroatoms. The first-order valence-electron chi connectivity index (χ1n) is 7.02. The molecule has 2 rings (SSSR count). The van der Waals surface area contributed by atoms with E-state index in [0.29, 0.717) is 23.7 Å². The van der Waals surface area contributed by atoms with E-state index >= 15 is 0 Å². The Balaban J connectivity index is 2.29. The molecule has 0 fully saturated rings. The van der Waals surface area contributed by atoms with Crippen LogP contribution in [0.3, 0.4) is 0 Å². The minimum absolute atomic E-state index is 0.132. The number of ketones is 1. The Bertz CT molecular complexity index is 600. The maximum absolute atomic E-state index is 11.7. The van der Waals surface area contributed by atoms with Crippen LogP contribution in [0.2, 0.25) is 0 Å². The molecule has 0 spiro atoms.